The van der Waals surface area contributed by atoms with Gasteiger partial charge in [-0.3, -0.25) is 4.79 Å². The summed E-state index contributed by atoms with van der Waals surface area (Å²) in [6.07, 6.45) is 1.47. The zero-order valence-electron chi connectivity index (χ0n) is 9.22. The first-order valence-electron chi connectivity index (χ1n) is 5.26. The van der Waals surface area contributed by atoms with Crippen LogP contribution in [0.5, 0.6) is 0 Å². The van der Waals surface area contributed by atoms with Gasteiger partial charge in [0.2, 0.25) is 5.91 Å². The van der Waals surface area contributed by atoms with E-state index >= 15 is 0 Å². The Bertz CT molecular complexity index is 568. The molecular formula is C12H13NO3S. The van der Waals surface area contributed by atoms with Crippen LogP contribution in [0.2, 0.25) is 0 Å². The zero-order valence-corrected chi connectivity index (χ0v) is 10.0. The SMILES string of the molecule is C=C(C(N)=O)c1ccc(S(=O)(=O)C2CC2)cc1. The van der Waals surface area contributed by atoms with Crippen LogP contribution in [-0.4, -0.2) is 19.6 Å². The number of primary amides is 1. The Morgan fingerprint density at radius 2 is 1.76 bits per heavy atom. The lowest BCUT2D eigenvalue weighted by molar-refractivity contribution is -0.112. The molecule has 0 radical (unpaired) electrons. The van der Waals surface area contributed by atoms with Crippen molar-refractivity contribution >= 4 is 21.3 Å². The summed E-state index contributed by atoms with van der Waals surface area (Å²) >= 11 is 0. The van der Waals surface area contributed by atoms with Crippen LogP contribution < -0.4 is 5.73 Å². The molecule has 1 saturated carbocycles. The molecule has 0 unspecified atom stereocenters. The third kappa shape index (κ3) is 2.24. The predicted molar refractivity (Wildman–Crippen MR) is 64.9 cm³/mol. The fourth-order valence-electron chi connectivity index (χ4n) is 1.56. The normalized spacial score (nSPS) is 15.5. The lowest BCUT2D eigenvalue weighted by Gasteiger charge is -2.05. The Kier molecular flexibility index (Phi) is 2.79. The Hall–Kier alpha value is -1.62. The minimum absolute atomic E-state index is 0.181. The number of hydrogen-bond acceptors (Lipinski definition) is 3. The van der Waals surface area contributed by atoms with Crippen molar-refractivity contribution in [3.8, 4) is 0 Å². The van der Waals surface area contributed by atoms with Crippen molar-refractivity contribution in [3.05, 3.63) is 36.4 Å². The second kappa shape index (κ2) is 4.00. The molecule has 2 rings (SSSR count). The first kappa shape index (κ1) is 11.9. The number of amides is 1. The van der Waals surface area contributed by atoms with Crippen molar-refractivity contribution in [1.82, 2.24) is 0 Å². The van der Waals surface area contributed by atoms with Crippen LogP contribution in [-0.2, 0) is 14.6 Å². The highest BCUT2D eigenvalue weighted by Gasteiger charge is 2.36. The summed E-state index contributed by atoms with van der Waals surface area (Å²) in [6.45, 7) is 3.54. The molecule has 1 aromatic carbocycles. The molecular weight excluding hydrogens is 238 g/mol. The van der Waals surface area contributed by atoms with Gasteiger partial charge in [-0.2, -0.15) is 0 Å². The molecule has 0 aliphatic heterocycles. The minimum atomic E-state index is -3.17. The fourth-order valence-corrected chi connectivity index (χ4v) is 3.22. The van der Waals surface area contributed by atoms with Gasteiger partial charge in [0.15, 0.2) is 9.84 Å². The topological polar surface area (TPSA) is 77.2 Å². The van der Waals surface area contributed by atoms with Crippen LogP contribution in [0, 0.1) is 0 Å². The standard InChI is InChI=1S/C12H13NO3S/c1-8(12(13)14)9-2-4-10(5-3-9)17(15,16)11-6-7-11/h2-5,11H,1,6-7H2,(H2,13,14). The summed E-state index contributed by atoms with van der Waals surface area (Å²) in [5.41, 5.74) is 5.82. The largest absolute Gasteiger partial charge is 0.366 e. The van der Waals surface area contributed by atoms with E-state index in [0.717, 1.165) is 12.8 Å². The van der Waals surface area contributed by atoms with Gasteiger partial charge in [0.25, 0.3) is 0 Å². The molecule has 1 fully saturated rings. The molecule has 0 saturated heterocycles. The van der Waals surface area contributed by atoms with Gasteiger partial charge in [-0.15, -0.1) is 0 Å². The summed E-state index contributed by atoms with van der Waals surface area (Å²) < 4.78 is 23.8. The van der Waals surface area contributed by atoms with Crippen molar-refractivity contribution in [3.63, 3.8) is 0 Å². The Balaban J connectivity index is 2.30. The summed E-state index contributed by atoms with van der Waals surface area (Å²) in [4.78, 5) is 11.2. The average Bonchev–Trinajstić information content (AvgIpc) is 3.12. The Labute approximate surface area is 100 Å². The third-order valence-corrected chi connectivity index (χ3v) is 5.07. The molecule has 90 valence electrons. The number of carbonyl (C=O) groups is 1. The molecule has 1 aliphatic carbocycles. The fraction of sp³-hybridized carbons (Fsp3) is 0.250. The maximum atomic E-state index is 11.9. The molecule has 0 spiro atoms. The van der Waals surface area contributed by atoms with Gasteiger partial charge in [0.05, 0.1) is 10.1 Å². The second-order valence-electron chi connectivity index (χ2n) is 4.11. The molecule has 1 aromatic rings. The van der Waals surface area contributed by atoms with E-state index in [9.17, 15) is 13.2 Å². The highest BCUT2D eigenvalue weighted by Crippen LogP contribution is 2.33. The second-order valence-corrected chi connectivity index (χ2v) is 6.34. The lowest BCUT2D eigenvalue weighted by atomic mass is 10.1. The van der Waals surface area contributed by atoms with Gasteiger partial charge in [0.1, 0.15) is 0 Å². The van der Waals surface area contributed by atoms with E-state index in [0.29, 0.717) is 10.5 Å². The number of hydrogen-bond donors (Lipinski definition) is 1. The summed E-state index contributed by atoms with van der Waals surface area (Å²) in [6, 6.07) is 6.11. The average molecular weight is 251 g/mol. The summed E-state index contributed by atoms with van der Waals surface area (Å²) in [7, 11) is -3.17. The quantitative estimate of drug-likeness (QED) is 0.815. The molecule has 0 bridgehead atoms. The van der Waals surface area contributed by atoms with Gasteiger partial charge in [-0.05, 0) is 30.5 Å². The molecule has 0 aromatic heterocycles. The predicted octanol–water partition coefficient (Wildman–Crippen LogP) is 1.12. The summed E-state index contributed by atoms with van der Waals surface area (Å²) in [5.74, 6) is -0.609. The van der Waals surface area contributed by atoms with Crippen LogP contribution in [0.3, 0.4) is 0 Å². The highest BCUT2D eigenvalue weighted by atomic mass is 32.2. The summed E-state index contributed by atoms with van der Waals surface area (Å²) in [5, 5.41) is -0.229. The van der Waals surface area contributed by atoms with E-state index in [4.69, 9.17) is 5.73 Å². The molecule has 0 heterocycles. The lowest BCUT2D eigenvalue weighted by Crippen LogP contribution is -2.12. The van der Waals surface area contributed by atoms with Crippen molar-refractivity contribution < 1.29 is 13.2 Å². The van der Waals surface area contributed by atoms with Crippen LogP contribution in [0.25, 0.3) is 5.57 Å². The first-order chi connectivity index (χ1) is 7.93. The molecule has 1 amide bonds. The molecule has 1 aliphatic rings. The Morgan fingerprint density at radius 3 is 2.18 bits per heavy atom. The number of nitrogens with two attached hydrogens (primary N) is 1. The maximum absolute atomic E-state index is 11.9. The smallest absolute Gasteiger partial charge is 0.248 e. The van der Waals surface area contributed by atoms with Crippen molar-refractivity contribution in [2.45, 2.75) is 23.0 Å². The van der Waals surface area contributed by atoms with Gasteiger partial charge in [-0.1, -0.05) is 18.7 Å². The van der Waals surface area contributed by atoms with E-state index < -0.39 is 15.7 Å². The van der Waals surface area contributed by atoms with Crippen LogP contribution in [0.1, 0.15) is 18.4 Å². The minimum Gasteiger partial charge on any atom is -0.366 e. The van der Waals surface area contributed by atoms with E-state index in [1.807, 2.05) is 0 Å². The number of benzene rings is 1. The zero-order chi connectivity index (χ0) is 12.6. The highest BCUT2D eigenvalue weighted by molar-refractivity contribution is 7.92. The van der Waals surface area contributed by atoms with Gasteiger partial charge < -0.3 is 5.73 Å². The van der Waals surface area contributed by atoms with Gasteiger partial charge >= 0.3 is 0 Å². The Morgan fingerprint density at radius 1 is 1.24 bits per heavy atom. The molecule has 4 nitrogen and oxygen atoms in total. The first-order valence-corrected chi connectivity index (χ1v) is 6.80. The van der Waals surface area contributed by atoms with Gasteiger partial charge in [0, 0.05) is 5.57 Å². The van der Waals surface area contributed by atoms with Crippen molar-refractivity contribution in [2.24, 2.45) is 5.73 Å². The third-order valence-electron chi connectivity index (χ3n) is 2.79. The number of sulfone groups is 1. The van der Waals surface area contributed by atoms with Crippen LogP contribution in [0.4, 0.5) is 0 Å². The van der Waals surface area contributed by atoms with Crippen molar-refractivity contribution in [2.75, 3.05) is 0 Å². The molecule has 17 heavy (non-hydrogen) atoms. The molecule has 5 heteroatoms. The number of carbonyl (C=O) groups excluding carboxylic acids is 1. The molecule has 2 N–H and O–H groups in total. The van der Waals surface area contributed by atoms with Crippen LogP contribution >= 0.6 is 0 Å². The van der Waals surface area contributed by atoms with E-state index in [1.165, 1.54) is 12.1 Å². The van der Waals surface area contributed by atoms with E-state index in [2.05, 4.69) is 6.58 Å². The van der Waals surface area contributed by atoms with Gasteiger partial charge in [-0.25, -0.2) is 8.42 Å². The van der Waals surface area contributed by atoms with Crippen LogP contribution in [0.15, 0.2) is 35.7 Å². The molecule has 0 atom stereocenters. The van der Waals surface area contributed by atoms with E-state index in [1.54, 1.807) is 12.1 Å². The van der Waals surface area contributed by atoms with Crippen molar-refractivity contribution in [1.29, 1.82) is 0 Å². The van der Waals surface area contributed by atoms with E-state index in [-0.39, 0.29) is 10.8 Å². The number of rotatable bonds is 4. The maximum Gasteiger partial charge on any atom is 0.248 e. The monoisotopic (exact) mass is 251 g/mol.